The normalized spacial score (nSPS) is 17.5. The zero-order chi connectivity index (χ0) is 20.3. The van der Waals surface area contributed by atoms with Crippen LogP contribution >= 0.6 is 24.0 Å². The third-order valence-electron chi connectivity index (χ3n) is 4.93. The standard InChI is InChI=1S/C19H27F2N7.HI/c1-12-24-18-15(9-6-10-28(18)26-12)25-19(22-2)23-11-16(27(3)4)17-13(20)7-5-8-14(17)21;/h5,7-8,15-16H,6,9-11H2,1-4H3,(H2,22,23,25);1H. The Labute approximate surface area is 187 Å². The lowest BCUT2D eigenvalue weighted by atomic mass is 10.0. The molecule has 2 heterocycles. The monoisotopic (exact) mass is 519 g/mol. The zero-order valence-corrected chi connectivity index (χ0v) is 19.4. The zero-order valence-electron chi connectivity index (χ0n) is 17.1. The van der Waals surface area contributed by atoms with Gasteiger partial charge in [-0.1, -0.05) is 6.07 Å². The van der Waals surface area contributed by atoms with Gasteiger partial charge in [-0.15, -0.1) is 24.0 Å². The molecule has 29 heavy (non-hydrogen) atoms. The van der Waals surface area contributed by atoms with E-state index in [0.717, 1.165) is 31.0 Å². The molecular formula is C19H28F2IN7. The SMILES string of the molecule is CN=C(NCC(c1c(F)cccc1F)N(C)C)NC1CCCn2nc(C)nc21.I. The first kappa shape index (κ1) is 23.5. The first-order chi connectivity index (χ1) is 13.4. The predicted molar refractivity (Wildman–Crippen MR) is 119 cm³/mol. The van der Waals surface area contributed by atoms with Gasteiger partial charge in [0.25, 0.3) is 0 Å². The van der Waals surface area contributed by atoms with Gasteiger partial charge in [0, 0.05) is 25.7 Å². The van der Waals surface area contributed by atoms with E-state index in [-0.39, 0.29) is 35.6 Å². The first-order valence-corrected chi connectivity index (χ1v) is 9.39. The number of aromatic nitrogens is 3. The number of aliphatic imine (C=N–C) groups is 1. The summed E-state index contributed by atoms with van der Waals surface area (Å²) in [5, 5.41) is 11.0. The van der Waals surface area contributed by atoms with Crippen LogP contribution < -0.4 is 10.6 Å². The Kier molecular flexibility index (Phi) is 8.32. The minimum absolute atomic E-state index is 0. The summed E-state index contributed by atoms with van der Waals surface area (Å²) in [6.45, 7) is 3.03. The van der Waals surface area contributed by atoms with E-state index in [4.69, 9.17) is 0 Å². The first-order valence-electron chi connectivity index (χ1n) is 9.39. The fourth-order valence-electron chi connectivity index (χ4n) is 3.53. The molecule has 0 spiro atoms. The summed E-state index contributed by atoms with van der Waals surface area (Å²) in [6, 6.07) is 3.43. The van der Waals surface area contributed by atoms with E-state index in [1.54, 1.807) is 26.0 Å². The number of nitrogens with one attached hydrogen (secondary N) is 2. The van der Waals surface area contributed by atoms with Crippen LogP contribution in [0.25, 0.3) is 0 Å². The van der Waals surface area contributed by atoms with Crippen LogP contribution in [0.15, 0.2) is 23.2 Å². The Morgan fingerprint density at radius 1 is 1.34 bits per heavy atom. The Bertz CT molecular complexity index is 833. The van der Waals surface area contributed by atoms with E-state index >= 15 is 0 Å². The number of likely N-dealkylation sites (N-methyl/N-ethyl adjacent to an activating group) is 1. The highest BCUT2D eigenvalue weighted by atomic mass is 127. The van der Waals surface area contributed by atoms with Gasteiger partial charge in [0.15, 0.2) is 5.96 Å². The minimum Gasteiger partial charge on any atom is -0.354 e. The van der Waals surface area contributed by atoms with Crippen LogP contribution in [0.2, 0.25) is 0 Å². The number of halogens is 3. The molecule has 2 N–H and O–H groups in total. The van der Waals surface area contributed by atoms with Crippen LogP contribution in [-0.2, 0) is 6.54 Å². The fourth-order valence-corrected chi connectivity index (χ4v) is 3.53. The summed E-state index contributed by atoms with van der Waals surface area (Å²) >= 11 is 0. The van der Waals surface area contributed by atoms with Gasteiger partial charge in [-0.3, -0.25) is 4.99 Å². The van der Waals surface area contributed by atoms with Crippen molar-refractivity contribution in [3.63, 3.8) is 0 Å². The third-order valence-corrected chi connectivity index (χ3v) is 4.93. The molecule has 1 aliphatic heterocycles. The molecular weight excluding hydrogens is 491 g/mol. The van der Waals surface area contributed by atoms with Crippen molar-refractivity contribution in [2.24, 2.45) is 4.99 Å². The molecule has 0 amide bonds. The van der Waals surface area contributed by atoms with Crippen LogP contribution in [0.4, 0.5) is 8.78 Å². The molecule has 10 heteroatoms. The van der Waals surface area contributed by atoms with Gasteiger partial charge in [0.1, 0.15) is 23.3 Å². The van der Waals surface area contributed by atoms with Crippen molar-refractivity contribution < 1.29 is 8.78 Å². The van der Waals surface area contributed by atoms with E-state index < -0.39 is 17.7 Å². The molecule has 0 saturated carbocycles. The number of hydrogen-bond acceptors (Lipinski definition) is 4. The van der Waals surface area contributed by atoms with Crippen molar-refractivity contribution in [1.82, 2.24) is 30.3 Å². The summed E-state index contributed by atoms with van der Waals surface area (Å²) in [6.07, 6.45) is 1.91. The molecule has 160 valence electrons. The van der Waals surface area contributed by atoms with Crippen molar-refractivity contribution in [3.05, 3.63) is 47.0 Å². The third kappa shape index (κ3) is 5.41. The minimum atomic E-state index is -0.556. The average Bonchev–Trinajstić information content (AvgIpc) is 3.03. The maximum atomic E-state index is 14.2. The molecule has 2 atom stereocenters. The Balaban J connectivity index is 0.00000300. The lowest BCUT2D eigenvalue weighted by Gasteiger charge is -2.28. The molecule has 0 radical (unpaired) electrons. The van der Waals surface area contributed by atoms with Gasteiger partial charge in [-0.25, -0.2) is 18.4 Å². The largest absolute Gasteiger partial charge is 0.354 e. The van der Waals surface area contributed by atoms with E-state index in [0.29, 0.717) is 12.5 Å². The van der Waals surface area contributed by atoms with Crippen LogP contribution in [0.3, 0.4) is 0 Å². The van der Waals surface area contributed by atoms with E-state index in [2.05, 4.69) is 25.7 Å². The number of hydrogen-bond donors (Lipinski definition) is 2. The quantitative estimate of drug-likeness (QED) is 0.362. The lowest BCUT2D eigenvalue weighted by Crippen LogP contribution is -2.44. The smallest absolute Gasteiger partial charge is 0.191 e. The second-order valence-corrected chi connectivity index (χ2v) is 7.15. The van der Waals surface area contributed by atoms with Gasteiger partial charge in [-0.05, 0) is 46.0 Å². The van der Waals surface area contributed by atoms with E-state index in [1.807, 2.05) is 11.6 Å². The number of guanidine groups is 1. The maximum Gasteiger partial charge on any atom is 0.191 e. The van der Waals surface area contributed by atoms with Crippen molar-refractivity contribution in [2.45, 2.75) is 38.4 Å². The molecule has 1 aliphatic rings. The maximum absolute atomic E-state index is 14.2. The predicted octanol–water partition coefficient (Wildman–Crippen LogP) is 2.79. The number of benzene rings is 1. The highest BCUT2D eigenvalue weighted by Gasteiger charge is 2.26. The van der Waals surface area contributed by atoms with Gasteiger partial charge < -0.3 is 15.5 Å². The summed E-state index contributed by atoms with van der Waals surface area (Å²) in [5.41, 5.74) is 0.0449. The van der Waals surface area contributed by atoms with Crippen LogP contribution in [0, 0.1) is 18.6 Å². The average molecular weight is 519 g/mol. The molecule has 7 nitrogen and oxygen atoms in total. The van der Waals surface area contributed by atoms with Crippen molar-refractivity contribution in [2.75, 3.05) is 27.7 Å². The topological polar surface area (TPSA) is 70.4 Å². The molecule has 2 aromatic rings. The van der Waals surface area contributed by atoms with Crippen molar-refractivity contribution >= 4 is 29.9 Å². The molecule has 0 aliphatic carbocycles. The molecule has 0 saturated heterocycles. The fraction of sp³-hybridized carbons (Fsp3) is 0.526. The molecule has 1 aromatic carbocycles. The Morgan fingerprint density at radius 2 is 2.03 bits per heavy atom. The lowest BCUT2D eigenvalue weighted by molar-refractivity contribution is 0.282. The van der Waals surface area contributed by atoms with Crippen LogP contribution in [0.5, 0.6) is 0 Å². The van der Waals surface area contributed by atoms with Crippen LogP contribution in [-0.4, -0.2) is 53.3 Å². The number of fused-ring (bicyclic) bond motifs is 1. The number of aryl methyl sites for hydroxylation is 2. The summed E-state index contributed by atoms with van der Waals surface area (Å²) in [4.78, 5) is 10.6. The second-order valence-electron chi connectivity index (χ2n) is 7.15. The molecule has 0 fully saturated rings. The number of nitrogens with zero attached hydrogens (tertiary/aromatic N) is 5. The van der Waals surface area contributed by atoms with Crippen LogP contribution in [0.1, 0.15) is 42.1 Å². The van der Waals surface area contributed by atoms with Gasteiger partial charge >= 0.3 is 0 Å². The Hall–Kier alpha value is -1.82. The van der Waals surface area contributed by atoms with E-state index in [9.17, 15) is 8.78 Å². The van der Waals surface area contributed by atoms with Gasteiger partial charge in [-0.2, -0.15) is 5.10 Å². The van der Waals surface area contributed by atoms with Gasteiger partial charge in [0.2, 0.25) is 0 Å². The second kappa shape index (κ2) is 10.3. The molecule has 1 aromatic heterocycles. The van der Waals surface area contributed by atoms with Crippen molar-refractivity contribution in [3.8, 4) is 0 Å². The summed E-state index contributed by atoms with van der Waals surface area (Å²) in [7, 11) is 5.25. The summed E-state index contributed by atoms with van der Waals surface area (Å²) < 4.78 is 30.4. The van der Waals surface area contributed by atoms with E-state index in [1.165, 1.54) is 18.2 Å². The molecule has 3 rings (SSSR count). The Morgan fingerprint density at radius 3 is 2.66 bits per heavy atom. The summed E-state index contributed by atoms with van der Waals surface area (Å²) in [5.74, 6) is 1.08. The highest BCUT2D eigenvalue weighted by molar-refractivity contribution is 14.0. The van der Waals surface area contributed by atoms with Crippen molar-refractivity contribution in [1.29, 1.82) is 0 Å². The highest BCUT2D eigenvalue weighted by Crippen LogP contribution is 2.25. The number of rotatable bonds is 5. The van der Waals surface area contributed by atoms with Gasteiger partial charge in [0.05, 0.1) is 12.1 Å². The molecule has 0 bridgehead atoms. The molecule has 2 unspecified atom stereocenters.